The fourth-order valence-corrected chi connectivity index (χ4v) is 3.31. The van der Waals surface area contributed by atoms with Crippen LogP contribution < -0.4 is 0 Å². The van der Waals surface area contributed by atoms with Crippen molar-refractivity contribution in [2.45, 2.75) is 73.0 Å². The average Bonchev–Trinajstić information content (AvgIpc) is 2.22. The van der Waals surface area contributed by atoms with Crippen LogP contribution in [0.5, 0.6) is 0 Å². The second kappa shape index (κ2) is 8.45. The second-order valence-corrected chi connectivity index (χ2v) is 7.40. The first kappa shape index (κ1) is 17.4. The van der Waals surface area contributed by atoms with Crippen molar-refractivity contribution in [2.75, 3.05) is 0 Å². The van der Waals surface area contributed by atoms with Crippen molar-refractivity contribution in [1.29, 1.82) is 0 Å². The topological polar surface area (TPSA) is 0 Å². The van der Waals surface area contributed by atoms with E-state index in [0.717, 1.165) is 29.6 Å². The van der Waals surface area contributed by atoms with Crippen molar-refractivity contribution in [3.8, 4) is 0 Å². The van der Waals surface area contributed by atoms with Gasteiger partial charge in [0.1, 0.15) is 0 Å². The molecule has 0 saturated carbocycles. The smallest absolute Gasteiger partial charge is 0.00425 e. The molecule has 0 saturated heterocycles. The van der Waals surface area contributed by atoms with Gasteiger partial charge in [-0.25, -0.2) is 0 Å². The molecule has 0 aliphatic heterocycles. The maximum Gasteiger partial charge on any atom is 0.00425 e. The summed E-state index contributed by atoms with van der Waals surface area (Å²) in [5.74, 6) is 4.01. The van der Waals surface area contributed by atoms with Crippen LogP contribution in [0.25, 0.3) is 0 Å². The van der Waals surface area contributed by atoms with Crippen LogP contribution in [-0.4, -0.2) is 5.25 Å². The molecule has 4 atom stereocenters. The van der Waals surface area contributed by atoms with Crippen molar-refractivity contribution >= 4 is 12.6 Å². The maximum atomic E-state index is 4.77. The van der Waals surface area contributed by atoms with Crippen molar-refractivity contribution in [3.63, 3.8) is 0 Å². The molecule has 0 spiro atoms. The summed E-state index contributed by atoms with van der Waals surface area (Å²) in [5, 5.41) is 0.563. The molecule has 0 heterocycles. The third-order valence-corrected chi connectivity index (χ3v) is 4.85. The predicted octanol–water partition coefficient (Wildman–Crippen LogP) is 5.68. The van der Waals surface area contributed by atoms with E-state index in [1.165, 1.54) is 19.3 Å². The largest absolute Gasteiger partial charge is 0.176 e. The Hall–Kier alpha value is 0.350. The number of thiol groups is 1. The van der Waals surface area contributed by atoms with Crippen molar-refractivity contribution in [1.82, 2.24) is 0 Å². The summed E-state index contributed by atoms with van der Waals surface area (Å²) in [4.78, 5) is 0. The van der Waals surface area contributed by atoms with Crippen LogP contribution in [0, 0.1) is 29.6 Å². The molecule has 0 aliphatic rings. The van der Waals surface area contributed by atoms with Crippen LogP contribution >= 0.6 is 12.6 Å². The van der Waals surface area contributed by atoms with E-state index in [9.17, 15) is 0 Å². The van der Waals surface area contributed by atoms with Gasteiger partial charge in [-0.15, -0.1) is 0 Å². The Morgan fingerprint density at radius 1 is 0.824 bits per heavy atom. The first-order chi connectivity index (χ1) is 7.79. The van der Waals surface area contributed by atoms with Crippen LogP contribution in [0.4, 0.5) is 0 Å². The number of rotatable bonds is 8. The zero-order chi connectivity index (χ0) is 13.6. The summed E-state index contributed by atoms with van der Waals surface area (Å²) in [6.07, 6.45) is 3.89. The molecule has 0 nitrogen and oxygen atoms in total. The van der Waals surface area contributed by atoms with E-state index in [1.54, 1.807) is 0 Å². The predicted molar refractivity (Wildman–Crippen MR) is 83.8 cm³/mol. The molecule has 104 valence electrons. The molecule has 0 bridgehead atoms. The normalized spacial score (nSPS) is 19.4. The summed E-state index contributed by atoms with van der Waals surface area (Å²) >= 11 is 4.77. The zero-order valence-corrected chi connectivity index (χ0v) is 13.9. The van der Waals surface area contributed by atoms with Gasteiger partial charge < -0.3 is 0 Å². The average molecular weight is 259 g/mol. The zero-order valence-electron chi connectivity index (χ0n) is 13.0. The van der Waals surface area contributed by atoms with E-state index >= 15 is 0 Å². The highest BCUT2D eigenvalue weighted by Crippen LogP contribution is 2.35. The highest BCUT2D eigenvalue weighted by Gasteiger charge is 2.28. The Kier molecular flexibility index (Phi) is 8.63. The Balaban J connectivity index is 4.61. The van der Waals surface area contributed by atoms with Crippen molar-refractivity contribution in [2.24, 2.45) is 29.6 Å². The van der Waals surface area contributed by atoms with Gasteiger partial charge in [0.25, 0.3) is 0 Å². The van der Waals surface area contributed by atoms with Gasteiger partial charge >= 0.3 is 0 Å². The molecule has 0 aromatic rings. The first-order valence-corrected chi connectivity index (χ1v) is 7.99. The minimum atomic E-state index is 0.563. The molecule has 1 heteroatoms. The van der Waals surface area contributed by atoms with E-state index in [1.807, 2.05) is 0 Å². The molecule has 17 heavy (non-hydrogen) atoms. The van der Waals surface area contributed by atoms with Crippen LogP contribution in [0.15, 0.2) is 0 Å². The Morgan fingerprint density at radius 2 is 1.29 bits per heavy atom. The lowest BCUT2D eigenvalue weighted by Gasteiger charge is -2.34. The van der Waals surface area contributed by atoms with E-state index in [4.69, 9.17) is 12.6 Å². The molecule has 0 fully saturated rings. The fraction of sp³-hybridized carbons (Fsp3) is 1.00. The summed E-state index contributed by atoms with van der Waals surface area (Å²) in [6.45, 7) is 16.5. The van der Waals surface area contributed by atoms with Crippen LogP contribution in [0.3, 0.4) is 0 Å². The van der Waals surface area contributed by atoms with Gasteiger partial charge in [-0.1, -0.05) is 48.5 Å². The summed E-state index contributed by atoms with van der Waals surface area (Å²) in [5.41, 5.74) is 0. The van der Waals surface area contributed by atoms with E-state index in [-0.39, 0.29) is 0 Å². The molecule has 4 unspecified atom stereocenters. The molecule has 0 N–H and O–H groups in total. The van der Waals surface area contributed by atoms with E-state index in [2.05, 4.69) is 48.5 Å². The summed E-state index contributed by atoms with van der Waals surface area (Å²) in [6, 6.07) is 0. The fourth-order valence-electron chi connectivity index (χ4n) is 3.08. The highest BCUT2D eigenvalue weighted by molar-refractivity contribution is 7.81. The maximum absolute atomic E-state index is 4.77. The minimum Gasteiger partial charge on any atom is -0.176 e. The Bertz CT molecular complexity index is 186. The van der Waals surface area contributed by atoms with Gasteiger partial charge in [0.05, 0.1) is 0 Å². The van der Waals surface area contributed by atoms with Gasteiger partial charge in [-0.05, 0) is 48.9 Å². The third-order valence-electron chi connectivity index (χ3n) is 4.02. The summed E-state index contributed by atoms with van der Waals surface area (Å²) in [7, 11) is 0. The molecular formula is C16H34S. The quantitative estimate of drug-likeness (QED) is 0.532. The minimum absolute atomic E-state index is 0.563. The third kappa shape index (κ3) is 6.74. The van der Waals surface area contributed by atoms with Crippen LogP contribution in [0.1, 0.15) is 67.7 Å². The lowest BCUT2D eigenvalue weighted by molar-refractivity contribution is 0.187. The molecule has 0 amide bonds. The second-order valence-electron chi connectivity index (χ2n) is 6.73. The molecule has 0 aromatic heterocycles. The van der Waals surface area contributed by atoms with Gasteiger partial charge in [0.2, 0.25) is 0 Å². The monoisotopic (exact) mass is 258 g/mol. The van der Waals surface area contributed by atoms with Gasteiger partial charge in [-0.3, -0.25) is 0 Å². The van der Waals surface area contributed by atoms with Gasteiger partial charge in [0, 0.05) is 5.25 Å². The molecular weight excluding hydrogens is 224 g/mol. The standard InChI is InChI=1S/C16H34S/c1-8-16(17)14(7)15(10-12(4)5)13(6)9-11(2)3/h11-17H,8-10H2,1-7H3. The molecule has 0 radical (unpaired) electrons. The number of hydrogen-bond donors (Lipinski definition) is 1. The number of hydrogen-bond acceptors (Lipinski definition) is 1. The Labute approximate surface area is 115 Å². The van der Waals surface area contributed by atoms with Gasteiger partial charge in [-0.2, -0.15) is 12.6 Å². The highest BCUT2D eigenvalue weighted by atomic mass is 32.1. The van der Waals surface area contributed by atoms with E-state index < -0.39 is 0 Å². The van der Waals surface area contributed by atoms with Gasteiger partial charge in [0.15, 0.2) is 0 Å². The summed E-state index contributed by atoms with van der Waals surface area (Å²) < 4.78 is 0. The Morgan fingerprint density at radius 3 is 1.65 bits per heavy atom. The van der Waals surface area contributed by atoms with Crippen LogP contribution in [-0.2, 0) is 0 Å². The molecule has 0 aromatic carbocycles. The SMILES string of the molecule is CCC(S)C(C)C(CC(C)C)C(C)CC(C)C. The van der Waals surface area contributed by atoms with Crippen molar-refractivity contribution < 1.29 is 0 Å². The van der Waals surface area contributed by atoms with Crippen molar-refractivity contribution in [3.05, 3.63) is 0 Å². The molecule has 0 aliphatic carbocycles. The van der Waals surface area contributed by atoms with Crippen LogP contribution in [0.2, 0.25) is 0 Å². The molecule has 0 rings (SSSR count). The lowest BCUT2D eigenvalue weighted by atomic mass is 9.74. The first-order valence-electron chi connectivity index (χ1n) is 7.47. The van der Waals surface area contributed by atoms with E-state index in [0.29, 0.717) is 5.25 Å². The lowest BCUT2D eigenvalue weighted by Crippen LogP contribution is -2.28.